The number of hydrogen-bond acceptors (Lipinski definition) is 4. The highest BCUT2D eigenvalue weighted by molar-refractivity contribution is 5.70. The van der Waals surface area contributed by atoms with E-state index < -0.39 is 17.3 Å². The molecule has 1 aromatic heterocycles. The fourth-order valence-electron chi connectivity index (χ4n) is 1.85. The Labute approximate surface area is 85.8 Å². The van der Waals surface area contributed by atoms with Crippen LogP contribution in [0.3, 0.4) is 0 Å². The van der Waals surface area contributed by atoms with E-state index in [0.717, 1.165) is 0 Å². The van der Waals surface area contributed by atoms with Crippen LogP contribution in [0.15, 0.2) is 9.32 Å². The molecule has 0 unspecified atom stereocenters. The van der Waals surface area contributed by atoms with Gasteiger partial charge in [-0.05, 0) is 13.8 Å². The molecule has 0 aliphatic carbocycles. The first-order valence-corrected chi connectivity index (χ1v) is 4.55. The first-order valence-electron chi connectivity index (χ1n) is 4.55. The van der Waals surface area contributed by atoms with Crippen LogP contribution < -0.4 is 5.63 Å². The average Bonchev–Trinajstić information content (AvgIpc) is 2.66. The Morgan fingerprint density at radius 3 is 2.80 bits per heavy atom. The van der Waals surface area contributed by atoms with Crippen molar-refractivity contribution in [3.8, 4) is 0 Å². The number of fused-ring (bicyclic) bond motifs is 1. The van der Waals surface area contributed by atoms with Crippen LogP contribution in [0, 0.1) is 0 Å². The van der Waals surface area contributed by atoms with Gasteiger partial charge in [0, 0.05) is 0 Å². The standard InChI is InChI=1S/C9H12N2O4/c1-9(2)6-5(7(12)15-10-6)4-11(9)8(13)14-3/h10H,4H2,1-3H3. The molecule has 6 nitrogen and oxygen atoms in total. The van der Waals surface area contributed by atoms with Gasteiger partial charge in [0.1, 0.15) is 0 Å². The number of nitrogens with zero attached hydrogens (tertiary/aromatic N) is 1. The molecule has 2 rings (SSSR count). The number of rotatable bonds is 0. The maximum Gasteiger partial charge on any atom is 0.410 e. The number of amides is 1. The molecular formula is C9H12N2O4. The van der Waals surface area contributed by atoms with E-state index in [0.29, 0.717) is 11.3 Å². The lowest BCUT2D eigenvalue weighted by molar-refractivity contribution is 0.0785. The van der Waals surface area contributed by atoms with Crippen LogP contribution in [0.2, 0.25) is 0 Å². The van der Waals surface area contributed by atoms with Crippen LogP contribution in [0.5, 0.6) is 0 Å². The van der Waals surface area contributed by atoms with E-state index in [1.54, 1.807) is 0 Å². The summed E-state index contributed by atoms with van der Waals surface area (Å²) in [6.45, 7) is 3.86. The van der Waals surface area contributed by atoms with Gasteiger partial charge >= 0.3 is 11.7 Å². The number of H-pyrrole nitrogens is 1. The van der Waals surface area contributed by atoms with Crippen molar-refractivity contribution in [1.29, 1.82) is 0 Å². The summed E-state index contributed by atoms with van der Waals surface area (Å²) in [5.41, 5.74) is 0.0991. The zero-order chi connectivity index (χ0) is 11.2. The normalized spacial score (nSPS) is 17.7. The smallest absolute Gasteiger partial charge is 0.410 e. The van der Waals surface area contributed by atoms with Crippen molar-refractivity contribution in [2.24, 2.45) is 0 Å². The number of hydrogen-bond donors (Lipinski definition) is 1. The average molecular weight is 212 g/mol. The highest BCUT2D eigenvalue weighted by atomic mass is 16.5. The van der Waals surface area contributed by atoms with Crippen molar-refractivity contribution in [3.63, 3.8) is 0 Å². The van der Waals surface area contributed by atoms with Crippen molar-refractivity contribution in [3.05, 3.63) is 21.7 Å². The van der Waals surface area contributed by atoms with Crippen LogP contribution in [-0.4, -0.2) is 23.3 Å². The van der Waals surface area contributed by atoms with Gasteiger partial charge in [-0.3, -0.25) is 4.90 Å². The molecule has 1 aliphatic rings. The van der Waals surface area contributed by atoms with Crippen molar-refractivity contribution < 1.29 is 14.1 Å². The summed E-state index contributed by atoms with van der Waals surface area (Å²) in [5, 5.41) is 2.55. The molecule has 0 bridgehead atoms. The first-order chi connectivity index (χ1) is 6.98. The van der Waals surface area contributed by atoms with Crippen molar-refractivity contribution >= 4 is 6.09 Å². The molecule has 1 aromatic rings. The van der Waals surface area contributed by atoms with E-state index >= 15 is 0 Å². The minimum Gasteiger partial charge on any atom is -0.453 e. The van der Waals surface area contributed by atoms with Crippen LogP contribution >= 0.6 is 0 Å². The molecule has 0 saturated carbocycles. The number of aromatic nitrogens is 1. The summed E-state index contributed by atoms with van der Waals surface area (Å²) in [5.74, 6) is 0. The predicted molar refractivity (Wildman–Crippen MR) is 50.3 cm³/mol. The monoisotopic (exact) mass is 212 g/mol. The predicted octanol–water partition coefficient (Wildman–Crippen LogP) is 0.785. The third-order valence-corrected chi connectivity index (χ3v) is 2.79. The van der Waals surface area contributed by atoms with Crippen molar-refractivity contribution in [2.75, 3.05) is 7.11 Å². The van der Waals surface area contributed by atoms with Gasteiger partial charge in [0.05, 0.1) is 30.5 Å². The third-order valence-electron chi connectivity index (χ3n) is 2.79. The molecule has 0 aromatic carbocycles. The van der Waals surface area contributed by atoms with E-state index in [9.17, 15) is 9.59 Å². The van der Waals surface area contributed by atoms with Gasteiger partial charge in [0.15, 0.2) is 0 Å². The Morgan fingerprint density at radius 1 is 1.60 bits per heavy atom. The quantitative estimate of drug-likeness (QED) is 0.689. The number of nitrogens with one attached hydrogen (secondary N) is 1. The fourth-order valence-corrected chi connectivity index (χ4v) is 1.85. The largest absolute Gasteiger partial charge is 0.453 e. The summed E-state index contributed by atoms with van der Waals surface area (Å²) in [7, 11) is 1.31. The van der Waals surface area contributed by atoms with E-state index in [2.05, 4.69) is 14.4 Å². The van der Waals surface area contributed by atoms with E-state index in [-0.39, 0.29) is 6.54 Å². The lowest BCUT2D eigenvalue weighted by atomic mass is 10.0. The maximum atomic E-state index is 11.5. The highest BCUT2D eigenvalue weighted by Crippen LogP contribution is 2.36. The van der Waals surface area contributed by atoms with Crippen LogP contribution in [0.1, 0.15) is 25.1 Å². The summed E-state index contributed by atoms with van der Waals surface area (Å²) >= 11 is 0. The van der Waals surface area contributed by atoms with Gasteiger partial charge in [0.2, 0.25) is 0 Å². The third kappa shape index (κ3) is 1.17. The number of ether oxygens (including phenoxy) is 1. The Bertz CT molecular complexity index is 457. The van der Waals surface area contributed by atoms with Crippen LogP contribution in [-0.2, 0) is 16.8 Å². The SMILES string of the molecule is COC(=O)N1Cc2c([nH]oc2=O)C1(C)C. The van der Waals surface area contributed by atoms with Gasteiger partial charge in [-0.1, -0.05) is 0 Å². The molecule has 82 valence electrons. The molecule has 1 aliphatic heterocycles. The molecule has 0 atom stereocenters. The Hall–Kier alpha value is -1.72. The second-order valence-electron chi connectivity index (χ2n) is 3.96. The number of methoxy groups -OCH3 is 1. The second kappa shape index (κ2) is 2.88. The van der Waals surface area contributed by atoms with E-state index in [4.69, 9.17) is 0 Å². The molecule has 0 spiro atoms. The van der Waals surface area contributed by atoms with Gasteiger partial charge in [0.25, 0.3) is 0 Å². The van der Waals surface area contributed by atoms with Crippen molar-refractivity contribution in [1.82, 2.24) is 10.1 Å². The molecule has 1 amide bonds. The van der Waals surface area contributed by atoms with Crippen molar-refractivity contribution in [2.45, 2.75) is 25.9 Å². The topological polar surface area (TPSA) is 75.5 Å². The lowest BCUT2D eigenvalue weighted by Crippen LogP contribution is -2.40. The van der Waals surface area contributed by atoms with Gasteiger partial charge in [-0.25, -0.2) is 14.7 Å². The minimum atomic E-state index is -0.603. The number of aromatic amines is 1. The number of carbonyl (C=O) groups is 1. The highest BCUT2D eigenvalue weighted by Gasteiger charge is 2.44. The second-order valence-corrected chi connectivity index (χ2v) is 3.96. The van der Waals surface area contributed by atoms with Crippen LogP contribution in [0.25, 0.3) is 0 Å². The fraction of sp³-hybridized carbons (Fsp3) is 0.556. The summed E-state index contributed by atoms with van der Waals surface area (Å²) in [4.78, 5) is 24.2. The molecule has 0 radical (unpaired) electrons. The minimum absolute atomic E-state index is 0.223. The Morgan fingerprint density at radius 2 is 2.27 bits per heavy atom. The Balaban J connectivity index is 2.47. The summed E-state index contributed by atoms with van der Waals surface area (Å²) < 4.78 is 9.33. The lowest BCUT2D eigenvalue weighted by Gasteiger charge is -2.29. The van der Waals surface area contributed by atoms with E-state index in [1.165, 1.54) is 12.0 Å². The zero-order valence-corrected chi connectivity index (χ0v) is 8.79. The van der Waals surface area contributed by atoms with E-state index in [1.807, 2.05) is 13.8 Å². The molecule has 0 saturated heterocycles. The summed E-state index contributed by atoms with van der Waals surface area (Å²) in [6.07, 6.45) is -0.455. The number of carbonyl (C=O) groups excluding carboxylic acids is 1. The molecule has 2 heterocycles. The maximum absolute atomic E-state index is 11.5. The van der Waals surface area contributed by atoms with Gasteiger partial charge < -0.3 is 9.26 Å². The van der Waals surface area contributed by atoms with Gasteiger partial charge in [-0.2, -0.15) is 0 Å². The van der Waals surface area contributed by atoms with Gasteiger partial charge in [-0.15, -0.1) is 0 Å². The molecular weight excluding hydrogens is 200 g/mol. The summed E-state index contributed by atoms with van der Waals surface area (Å²) in [6, 6.07) is 0. The molecule has 6 heteroatoms. The Kier molecular flexibility index (Phi) is 1.89. The molecule has 15 heavy (non-hydrogen) atoms. The van der Waals surface area contributed by atoms with Crippen LogP contribution in [0.4, 0.5) is 4.79 Å². The molecule has 1 N–H and O–H groups in total. The zero-order valence-electron chi connectivity index (χ0n) is 8.79. The first kappa shape index (κ1) is 9.82. The molecule has 0 fully saturated rings.